The molecule has 0 aliphatic heterocycles. The summed E-state index contributed by atoms with van der Waals surface area (Å²) in [4.78, 5) is 14.1. The Morgan fingerprint density at radius 1 is 1.14 bits per heavy atom. The fourth-order valence-corrected chi connectivity index (χ4v) is 5.52. The largest absolute Gasteiger partial charge is 0.465 e. The molecule has 3 nitrogen and oxygen atoms in total. The van der Waals surface area contributed by atoms with Gasteiger partial charge in [-0.1, -0.05) is 45.9 Å². The number of esters is 1. The summed E-state index contributed by atoms with van der Waals surface area (Å²) in [5, 5.41) is 10.1. The topological polar surface area (TPSA) is 46.5 Å². The molecule has 1 aromatic carbocycles. The Balaban J connectivity index is 2.40. The van der Waals surface area contributed by atoms with E-state index in [0.29, 0.717) is 4.88 Å². The molecule has 1 aromatic heterocycles. The van der Waals surface area contributed by atoms with Gasteiger partial charge in [-0.25, -0.2) is 4.79 Å². The fraction of sp³-hybridized carbons (Fsp3) is 0.560. The lowest BCUT2D eigenvalue weighted by Crippen LogP contribution is -2.25. The molecule has 2 rings (SSSR count). The lowest BCUT2D eigenvalue weighted by molar-refractivity contribution is 0.0605. The Morgan fingerprint density at radius 3 is 2.31 bits per heavy atom. The number of ether oxygens (including phenoxy) is 1. The van der Waals surface area contributed by atoms with Crippen LogP contribution in [0.1, 0.15) is 83.8 Å². The molecular formula is C25H36O3S. The van der Waals surface area contributed by atoms with Gasteiger partial charge in [0.2, 0.25) is 0 Å². The molecule has 1 N–H and O–H groups in total. The summed E-state index contributed by atoms with van der Waals surface area (Å²) in [6.07, 6.45) is 3.35. The first-order valence-electron chi connectivity index (χ1n) is 10.7. The van der Waals surface area contributed by atoms with Gasteiger partial charge in [0.05, 0.1) is 13.2 Å². The van der Waals surface area contributed by atoms with E-state index in [2.05, 4.69) is 58.9 Å². The highest BCUT2D eigenvalue weighted by Gasteiger charge is 2.34. The standard InChI is InChI=1S/C25H36O3S/c1-8-25(9-2,22-15-18(6)23(29-22)24(27)28-7)20-12-10-19(17(5)14-20)11-13-21(26)16(3)4/h10,12,14-16,21,26H,8-9,11,13H2,1-7H3. The van der Waals surface area contributed by atoms with Crippen molar-refractivity contribution >= 4 is 17.3 Å². The molecule has 0 bridgehead atoms. The van der Waals surface area contributed by atoms with Gasteiger partial charge in [-0.3, -0.25) is 0 Å². The van der Waals surface area contributed by atoms with Crippen molar-refractivity contribution in [1.29, 1.82) is 0 Å². The molecule has 0 aliphatic carbocycles. The van der Waals surface area contributed by atoms with E-state index in [9.17, 15) is 9.90 Å². The molecule has 1 unspecified atom stereocenters. The van der Waals surface area contributed by atoms with Crippen LogP contribution in [0, 0.1) is 19.8 Å². The van der Waals surface area contributed by atoms with Gasteiger partial charge in [0.15, 0.2) is 0 Å². The van der Waals surface area contributed by atoms with Gasteiger partial charge in [0.25, 0.3) is 0 Å². The second-order valence-corrected chi connectivity index (χ2v) is 9.45. The Bertz CT molecular complexity index is 831. The SMILES string of the molecule is CCC(CC)(c1ccc(CCC(O)C(C)C)c(C)c1)c1cc(C)c(C(=O)OC)s1. The molecule has 0 amide bonds. The minimum absolute atomic E-state index is 0.109. The van der Waals surface area contributed by atoms with E-state index in [0.717, 1.165) is 31.2 Å². The number of benzene rings is 1. The van der Waals surface area contributed by atoms with E-state index in [4.69, 9.17) is 4.74 Å². The van der Waals surface area contributed by atoms with E-state index in [1.54, 1.807) is 11.3 Å². The van der Waals surface area contributed by atoms with Crippen LogP contribution in [-0.4, -0.2) is 24.3 Å². The normalized spacial score (nSPS) is 13.0. The third-order valence-corrected chi connectivity index (χ3v) is 7.76. The van der Waals surface area contributed by atoms with Crippen LogP contribution in [0.4, 0.5) is 0 Å². The number of methoxy groups -OCH3 is 1. The van der Waals surface area contributed by atoms with Crippen molar-refractivity contribution in [1.82, 2.24) is 0 Å². The summed E-state index contributed by atoms with van der Waals surface area (Å²) in [6, 6.07) is 8.92. The molecule has 4 heteroatoms. The van der Waals surface area contributed by atoms with Crippen LogP contribution in [0.3, 0.4) is 0 Å². The van der Waals surface area contributed by atoms with Crippen LogP contribution in [0.25, 0.3) is 0 Å². The van der Waals surface area contributed by atoms with Crippen LogP contribution in [0.2, 0.25) is 0 Å². The predicted molar refractivity (Wildman–Crippen MR) is 122 cm³/mol. The summed E-state index contributed by atoms with van der Waals surface area (Å²) in [5.41, 5.74) is 4.74. The Hall–Kier alpha value is -1.65. The number of aryl methyl sites for hydroxylation is 3. The Labute approximate surface area is 180 Å². The number of carbonyl (C=O) groups excluding carboxylic acids is 1. The van der Waals surface area contributed by atoms with Crippen LogP contribution in [-0.2, 0) is 16.6 Å². The van der Waals surface area contributed by atoms with Crippen molar-refractivity contribution in [2.75, 3.05) is 7.11 Å². The van der Waals surface area contributed by atoms with Gasteiger partial charge in [-0.2, -0.15) is 0 Å². The Kier molecular flexibility index (Phi) is 8.07. The number of hydrogen-bond acceptors (Lipinski definition) is 4. The lowest BCUT2D eigenvalue weighted by Gasteiger charge is -2.32. The van der Waals surface area contributed by atoms with E-state index in [-0.39, 0.29) is 23.4 Å². The highest BCUT2D eigenvalue weighted by Crippen LogP contribution is 2.44. The van der Waals surface area contributed by atoms with E-state index >= 15 is 0 Å². The van der Waals surface area contributed by atoms with Crippen LogP contribution in [0.15, 0.2) is 24.3 Å². The smallest absolute Gasteiger partial charge is 0.348 e. The average Bonchev–Trinajstić information content (AvgIpc) is 3.09. The molecule has 29 heavy (non-hydrogen) atoms. The van der Waals surface area contributed by atoms with Gasteiger partial charge < -0.3 is 9.84 Å². The van der Waals surface area contributed by atoms with E-state index in [1.165, 1.54) is 28.7 Å². The molecule has 2 aromatic rings. The molecule has 1 heterocycles. The quantitative estimate of drug-likeness (QED) is 0.495. The van der Waals surface area contributed by atoms with Crippen LogP contribution >= 0.6 is 11.3 Å². The third kappa shape index (κ3) is 4.92. The highest BCUT2D eigenvalue weighted by molar-refractivity contribution is 7.14. The minimum Gasteiger partial charge on any atom is -0.465 e. The first-order chi connectivity index (χ1) is 13.7. The summed E-state index contributed by atoms with van der Waals surface area (Å²) in [6.45, 7) is 12.7. The lowest BCUT2D eigenvalue weighted by atomic mass is 9.73. The third-order valence-electron chi connectivity index (χ3n) is 6.34. The van der Waals surface area contributed by atoms with Crippen molar-refractivity contribution < 1.29 is 14.6 Å². The fourth-order valence-electron chi connectivity index (χ4n) is 4.07. The first-order valence-corrected chi connectivity index (χ1v) is 11.5. The van der Waals surface area contributed by atoms with Gasteiger partial charge >= 0.3 is 5.97 Å². The van der Waals surface area contributed by atoms with Crippen LogP contribution in [0.5, 0.6) is 0 Å². The van der Waals surface area contributed by atoms with Crippen molar-refractivity contribution in [2.24, 2.45) is 5.92 Å². The molecule has 0 saturated heterocycles. The van der Waals surface area contributed by atoms with Gasteiger partial charge in [-0.05, 0) is 73.8 Å². The van der Waals surface area contributed by atoms with Gasteiger partial charge in [0.1, 0.15) is 4.88 Å². The molecule has 0 radical (unpaired) electrons. The van der Waals surface area contributed by atoms with Crippen molar-refractivity contribution in [3.8, 4) is 0 Å². The summed E-state index contributed by atoms with van der Waals surface area (Å²) in [7, 11) is 1.44. The maximum Gasteiger partial charge on any atom is 0.348 e. The predicted octanol–water partition coefficient (Wildman–Crippen LogP) is 6.21. The summed E-state index contributed by atoms with van der Waals surface area (Å²) in [5.74, 6) is 0.0311. The zero-order valence-electron chi connectivity index (χ0n) is 19.0. The molecule has 0 aliphatic rings. The Morgan fingerprint density at radius 2 is 1.79 bits per heavy atom. The van der Waals surface area contributed by atoms with E-state index < -0.39 is 0 Å². The molecule has 160 valence electrons. The number of aliphatic hydroxyl groups is 1. The molecule has 1 atom stereocenters. The second kappa shape index (κ2) is 9.90. The summed E-state index contributed by atoms with van der Waals surface area (Å²) < 4.78 is 4.96. The molecule has 0 saturated carbocycles. The van der Waals surface area contributed by atoms with Crippen molar-refractivity contribution in [3.05, 3.63) is 56.3 Å². The van der Waals surface area contributed by atoms with Crippen molar-refractivity contribution in [3.63, 3.8) is 0 Å². The number of rotatable bonds is 9. The zero-order valence-corrected chi connectivity index (χ0v) is 19.8. The molecular weight excluding hydrogens is 380 g/mol. The van der Waals surface area contributed by atoms with Crippen molar-refractivity contribution in [2.45, 2.75) is 78.7 Å². The van der Waals surface area contributed by atoms with Crippen LogP contribution < -0.4 is 0 Å². The van der Waals surface area contributed by atoms with Gasteiger partial charge in [0, 0.05) is 10.3 Å². The minimum atomic E-state index is -0.259. The second-order valence-electron chi connectivity index (χ2n) is 8.39. The highest BCUT2D eigenvalue weighted by atomic mass is 32.1. The average molecular weight is 417 g/mol. The number of aliphatic hydroxyl groups excluding tert-OH is 1. The maximum atomic E-state index is 12.1. The first kappa shape index (κ1) is 23.6. The molecule has 0 spiro atoms. The number of carbonyl (C=O) groups is 1. The zero-order chi connectivity index (χ0) is 21.8. The maximum absolute atomic E-state index is 12.1. The number of hydrogen-bond donors (Lipinski definition) is 1. The summed E-state index contributed by atoms with van der Waals surface area (Å²) >= 11 is 1.56. The van der Waals surface area contributed by atoms with Gasteiger partial charge in [-0.15, -0.1) is 11.3 Å². The number of thiophene rings is 1. The molecule has 0 fully saturated rings. The van der Waals surface area contributed by atoms with E-state index in [1.807, 2.05) is 6.92 Å². The monoisotopic (exact) mass is 416 g/mol.